The molecule has 2 aromatic rings. The van der Waals surface area contributed by atoms with Crippen LogP contribution in [0.5, 0.6) is 0 Å². The molecule has 0 radical (unpaired) electrons. The normalized spacial score (nSPS) is 22.7. The zero-order valence-electron chi connectivity index (χ0n) is 14.8. The fourth-order valence-corrected chi connectivity index (χ4v) is 8.55. The number of benzene rings is 1. The average molecular weight is 414 g/mol. The van der Waals surface area contributed by atoms with Gasteiger partial charge in [-0.2, -0.15) is 0 Å². The molecule has 1 aliphatic rings. The molecule has 26 heavy (non-hydrogen) atoms. The molecule has 2 heterocycles. The molecule has 8 heteroatoms. The molecule has 2 atom stereocenters. The van der Waals surface area contributed by atoms with Crippen LogP contribution in [0.2, 0.25) is 0 Å². The van der Waals surface area contributed by atoms with E-state index in [9.17, 15) is 16.8 Å². The molecule has 1 saturated heterocycles. The van der Waals surface area contributed by atoms with Gasteiger partial charge < -0.3 is 5.32 Å². The minimum atomic E-state index is -3.73. The number of hydrogen-bond donors (Lipinski definition) is 1. The Hall–Kier alpha value is -1.22. The highest BCUT2D eigenvalue weighted by Crippen LogP contribution is 2.27. The van der Waals surface area contributed by atoms with Crippen LogP contribution in [-0.4, -0.2) is 39.6 Å². The molecule has 1 fully saturated rings. The predicted molar refractivity (Wildman–Crippen MR) is 105 cm³/mol. The van der Waals surface area contributed by atoms with Crippen LogP contribution in [0.3, 0.4) is 0 Å². The first kappa shape index (κ1) is 19.5. The van der Waals surface area contributed by atoms with Crippen molar-refractivity contribution >= 4 is 31.0 Å². The van der Waals surface area contributed by atoms with Gasteiger partial charge >= 0.3 is 0 Å². The zero-order chi connectivity index (χ0) is 18.9. The van der Waals surface area contributed by atoms with Crippen LogP contribution in [-0.2, 0) is 26.2 Å². The van der Waals surface area contributed by atoms with E-state index in [1.165, 1.54) is 0 Å². The van der Waals surface area contributed by atoms with Gasteiger partial charge in [-0.3, -0.25) is 0 Å². The van der Waals surface area contributed by atoms with Crippen molar-refractivity contribution in [3.8, 4) is 0 Å². The Labute approximate surface area is 159 Å². The Bertz CT molecular complexity index is 946. The van der Waals surface area contributed by atoms with Crippen molar-refractivity contribution in [3.05, 3.63) is 52.2 Å². The number of nitrogens with one attached hydrogen (secondary N) is 1. The van der Waals surface area contributed by atoms with Crippen molar-refractivity contribution in [1.82, 2.24) is 5.32 Å². The lowest BCUT2D eigenvalue weighted by molar-refractivity contribution is 0.528. The van der Waals surface area contributed by atoms with Gasteiger partial charge in [0.05, 0.1) is 21.7 Å². The molecule has 1 aromatic carbocycles. The summed E-state index contributed by atoms with van der Waals surface area (Å²) in [5.74, 6) is -0.172. The van der Waals surface area contributed by atoms with Gasteiger partial charge in [-0.25, -0.2) is 16.8 Å². The van der Waals surface area contributed by atoms with Gasteiger partial charge in [0, 0.05) is 17.5 Å². The third-order valence-electron chi connectivity index (χ3n) is 4.69. The SMILES string of the molecule is CC(C)c1ccc(S(=O)(=O)[C@H]2CS(=O)(=O)C[C@@H]2NCc2cccs2)cc1. The second-order valence-electron chi connectivity index (χ2n) is 6.95. The molecular weight excluding hydrogens is 390 g/mol. The van der Waals surface area contributed by atoms with Crippen molar-refractivity contribution in [2.45, 2.75) is 42.5 Å². The Kier molecular flexibility index (Phi) is 5.58. The van der Waals surface area contributed by atoms with E-state index < -0.39 is 31.0 Å². The summed E-state index contributed by atoms with van der Waals surface area (Å²) >= 11 is 1.55. The first-order valence-corrected chi connectivity index (χ1v) is 12.7. The number of rotatable bonds is 6. The highest BCUT2D eigenvalue weighted by atomic mass is 32.2. The molecule has 1 aromatic heterocycles. The first-order valence-electron chi connectivity index (χ1n) is 8.49. The molecule has 142 valence electrons. The summed E-state index contributed by atoms with van der Waals surface area (Å²) in [7, 11) is -7.12. The van der Waals surface area contributed by atoms with E-state index in [1.54, 1.807) is 35.6 Å². The summed E-state index contributed by atoms with van der Waals surface area (Å²) in [5.41, 5.74) is 1.05. The van der Waals surface area contributed by atoms with Crippen LogP contribution < -0.4 is 5.32 Å². The third kappa shape index (κ3) is 4.19. The monoisotopic (exact) mass is 413 g/mol. The van der Waals surface area contributed by atoms with Crippen molar-refractivity contribution in [1.29, 1.82) is 0 Å². The first-order chi connectivity index (χ1) is 12.2. The molecule has 0 saturated carbocycles. The Morgan fingerprint density at radius 2 is 1.85 bits per heavy atom. The lowest BCUT2D eigenvalue weighted by Gasteiger charge is -2.20. The van der Waals surface area contributed by atoms with Crippen LogP contribution in [0, 0.1) is 0 Å². The molecule has 0 unspecified atom stereocenters. The number of hydrogen-bond acceptors (Lipinski definition) is 6. The lowest BCUT2D eigenvalue weighted by Crippen LogP contribution is -2.42. The second-order valence-corrected chi connectivity index (χ2v) is 12.3. The van der Waals surface area contributed by atoms with E-state index in [2.05, 4.69) is 5.32 Å². The van der Waals surface area contributed by atoms with Crippen LogP contribution in [0.1, 0.15) is 30.2 Å². The molecule has 0 amide bonds. The molecule has 0 bridgehead atoms. The maximum Gasteiger partial charge on any atom is 0.183 e. The average Bonchev–Trinajstić information content (AvgIpc) is 3.20. The van der Waals surface area contributed by atoms with Crippen molar-refractivity contribution in [2.24, 2.45) is 0 Å². The molecular formula is C18H23NO4S3. The van der Waals surface area contributed by atoms with Crippen LogP contribution >= 0.6 is 11.3 Å². The smallest absolute Gasteiger partial charge is 0.183 e. The molecule has 0 aliphatic carbocycles. The molecule has 3 rings (SSSR count). The molecule has 1 N–H and O–H groups in total. The fraction of sp³-hybridized carbons (Fsp3) is 0.444. The van der Waals surface area contributed by atoms with E-state index in [0.717, 1.165) is 10.4 Å². The molecule has 5 nitrogen and oxygen atoms in total. The summed E-state index contributed by atoms with van der Waals surface area (Å²) in [5, 5.41) is 4.12. The van der Waals surface area contributed by atoms with E-state index in [-0.39, 0.29) is 16.4 Å². The Balaban J connectivity index is 1.85. The van der Waals surface area contributed by atoms with E-state index >= 15 is 0 Å². The maximum absolute atomic E-state index is 13.1. The highest BCUT2D eigenvalue weighted by Gasteiger charge is 2.45. The summed E-state index contributed by atoms with van der Waals surface area (Å²) in [4.78, 5) is 1.23. The Morgan fingerprint density at radius 1 is 1.15 bits per heavy atom. The third-order valence-corrected chi connectivity index (χ3v) is 9.74. The number of thiophene rings is 1. The lowest BCUT2D eigenvalue weighted by atomic mass is 10.0. The summed E-state index contributed by atoms with van der Waals surface area (Å²) in [6.45, 7) is 4.55. The summed E-state index contributed by atoms with van der Waals surface area (Å²) < 4.78 is 50.4. The minimum Gasteiger partial charge on any atom is -0.307 e. The van der Waals surface area contributed by atoms with E-state index in [0.29, 0.717) is 12.5 Å². The van der Waals surface area contributed by atoms with Crippen molar-refractivity contribution < 1.29 is 16.8 Å². The summed E-state index contributed by atoms with van der Waals surface area (Å²) in [6.07, 6.45) is 0. The van der Waals surface area contributed by atoms with E-state index in [4.69, 9.17) is 0 Å². The topological polar surface area (TPSA) is 80.3 Å². The largest absolute Gasteiger partial charge is 0.307 e. The number of sulfone groups is 2. The van der Waals surface area contributed by atoms with Crippen molar-refractivity contribution in [2.75, 3.05) is 11.5 Å². The van der Waals surface area contributed by atoms with Crippen LogP contribution in [0.25, 0.3) is 0 Å². The van der Waals surface area contributed by atoms with Gasteiger partial charge in [-0.15, -0.1) is 11.3 Å². The standard InChI is InChI=1S/C18H23NO4S3/c1-13(2)14-5-7-16(8-6-14)26(22,23)18-12-25(20,21)11-17(18)19-10-15-4-3-9-24-15/h3-9,13,17-19H,10-12H2,1-2H3/t17-,18-/m0/s1. The van der Waals surface area contributed by atoms with Gasteiger partial charge in [-0.1, -0.05) is 32.0 Å². The summed E-state index contributed by atoms with van der Waals surface area (Å²) in [6, 6.07) is 10.0. The predicted octanol–water partition coefficient (Wildman–Crippen LogP) is 2.60. The fourth-order valence-electron chi connectivity index (χ4n) is 3.17. The molecule has 1 aliphatic heterocycles. The van der Waals surface area contributed by atoms with Crippen LogP contribution in [0.4, 0.5) is 0 Å². The molecule has 0 spiro atoms. The van der Waals surface area contributed by atoms with Gasteiger partial charge in [0.2, 0.25) is 0 Å². The maximum atomic E-state index is 13.1. The van der Waals surface area contributed by atoms with E-state index in [1.807, 2.05) is 31.4 Å². The highest BCUT2D eigenvalue weighted by molar-refractivity contribution is 7.96. The van der Waals surface area contributed by atoms with Gasteiger partial charge in [0.15, 0.2) is 19.7 Å². The quantitative estimate of drug-likeness (QED) is 0.787. The van der Waals surface area contributed by atoms with Gasteiger partial charge in [-0.05, 0) is 35.1 Å². The van der Waals surface area contributed by atoms with Gasteiger partial charge in [0.25, 0.3) is 0 Å². The Morgan fingerprint density at radius 3 is 2.42 bits per heavy atom. The van der Waals surface area contributed by atoms with Crippen molar-refractivity contribution in [3.63, 3.8) is 0 Å². The minimum absolute atomic E-state index is 0.146. The second kappa shape index (κ2) is 7.42. The van der Waals surface area contributed by atoms with Gasteiger partial charge in [0.1, 0.15) is 0 Å². The zero-order valence-corrected chi connectivity index (χ0v) is 17.2. The van der Waals surface area contributed by atoms with Crippen LogP contribution in [0.15, 0.2) is 46.7 Å².